The van der Waals surface area contributed by atoms with E-state index in [1.807, 2.05) is 38.6 Å². The molecule has 2 N–H and O–H groups in total. The third-order valence-corrected chi connectivity index (χ3v) is 3.92. The van der Waals surface area contributed by atoms with Crippen molar-refractivity contribution in [2.75, 3.05) is 33.8 Å². The Morgan fingerprint density at radius 2 is 1.87 bits per heavy atom. The minimum atomic E-state index is 0.432. The average Bonchev–Trinajstić information content (AvgIpc) is 2.55. The molecule has 2 aromatic rings. The monoisotopic (exact) mass is 313 g/mol. The maximum atomic E-state index is 5.73. The first-order valence-electron chi connectivity index (χ1n) is 8.13. The van der Waals surface area contributed by atoms with Crippen molar-refractivity contribution in [3.63, 3.8) is 0 Å². The molecule has 1 aromatic carbocycles. The van der Waals surface area contributed by atoms with Gasteiger partial charge in [0.2, 0.25) is 0 Å². The molecule has 0 radical (unpaired) electrons. The number of aromatic nitrogens is 1. The standard InChI is InChI=1S/C19H27N3O/c1-15(8-9-20)17-12-18(14-21-13-17)16-4-6-19(7-5-16)23-11-10-22(2)3/h4-7,12-15H,8-11,20H2,1-3H3. The van der Waals surface area contributed by atoms with Crippen molar-refractivity contribution in [2.24, 2.45) is 5.73 Å². The summed E-state index contributed by atoms with van der Waals surface area (Å²) in [6.45, 7) is 4.49. The number of rotatable bonds is 8. The summed E-state index contributed by atoms with van der Waals surface area (Å²) < 4.78 is 5.73. The van der Waals surface area contributed by atoms with Gasteiger partial charge in [-0.3, -0.25) is 4.98 Å². The summed E-state index contributed by atoms with van der Waals surface area (Å²) in [5.41, 5.74) is 9.17. The van der Waals surface area contributed by atoms with Gasteiger partial charge in [-0.15, -0.1) is 0 Å². The van der Waals surface area contributed by atoms with E-state index in [1.165, 1.54) is 5.56 Å². The summed E-state index contributed by atoms with van der Waals surface area (Å²) in [6.07, 6.45) is 4.81. The van der Waals surface area contributed by atoms with Gasteiger partial charge in [0.15, 0.2) is 0 Å². The second-order valence-corrected chi connectivity index (χ2v) is 6.16. The van der Waals surface area contributed by atoms with Crippen LogP contribution < -0.4 is 10.5 Å². The van der Waals surface area contributed by atoms with Gasteiger partial charge in [0, 0.05) is 24.5 Å². The zero-order chi connectivity index (χ0) is 16.7. The first kappa shape index (κ1) is 17.4. The molecule has 0 spiro atoms. The Balaban J connectivity index is 2.05. The van der Waals surface area contributed by atoms with E-state index in [2.05, 4.69) is 35.0 Å². The van der Waals surface area contributed by atoms with E-state index in [9.17, 15) is 0 Å². The number of nitrogens with two attached hydrogens (primary N) is 1. The molecule has 4 nitrogen and oxygen atoms in total. The van der Waals surface area contributed by atoms with Gasteiger partial charge in [-0.05, 0) is 62.3 Å². The Morgan fingerprint density at radius 3 is 2.52 bits per heavy atom. The van der Waals surface area contributed by atoms with Crippen molar-refractivity contribution >= 4 is 0 Å². The van der Waals surface area contributed by atoms with Crippen molar-refractivity contribution in [2.45, 2.75) is 19.3 Å². The highest BCUT2D eigenvalue weighted by molar-refractivity contribution is 5.64. The van der Waals surface area contributed by atoms with Gasteiger partial charge < -0.3 is 15.4 Å². The molecule has 1 unspecified atom stereocenters. The van der Waals surface area contributed by atoms with Gasteiger partial charge >= 0.3 is 0 Å². The number of hydrogen-bond donors (Lipinski definition) is 1. The van der Waals surface area contributed by atoms with Gasteiger partial charge in [0.25, 0.3) is 0 Å². The third kappa shape index (κ3) is 5.34. The van der Waals surface area contributed by atoms with Crippen molar-refractivity contribution in [1.82, 2.24) is 9.88 Å². The van der Waals surface area contributed by atoms with Gasteiger partial charge in [-0.2, -0.15) is 0 Å². The van der Waals surface area contributed by atoms with Crippen molar-refractivity contribution < 1.29 is 4.74 Å². The summed E-state index contributed by atoms with van der Waals surface area (Å²) in [7, 11) is 4.08. The fraction of sp³-hybridized carbons (Fsp3) is 0.421. The van der Waals surface area contributed by atoms with Crippen LogP contribution in [0.3, 0.4) is 0 Å². The summed E-state index contributed by atoms with van der Waals surface area (Å²) in [5, 5.41) is 0. The highest BCUT2D eigenvalue weighted by Crippen LogP contribution is 2.26. The molecule has 0 aliphatic rings. The first-order valence-corrected chi connectivity index (χ1v) is 8.13. The SMILES string of the molecule is CC(CCN)c1cncc(-c2ccc(OCCN(C)C)cc2)c1. The Morgan fingerprint density at radius 1 is 1.13 bits per heavy atom. The summed E-state index contributed by atoms with van der Waals surface area (Å²) in [5.74, 6) is 1.33. The molecule has 1 heterocycles. The Hall–Kier alpha value is -1.91. The smallest absolute Gasteiger partial charge is 0.119 e. The molecule has 0 aliphatic carbocycles. The Bertz CT molecular complexity index is 596. The van der Waals surface area contributed by atoms with E-state index in [-0.39, 0.29) is 0 Å². The summed E-state index contributed by atoms with van der Waals surface area (Å²) in [6, 6.07) is 10.4. The van der Waals surface area contributed by atoms with E-state index in [1.54, 1.807) is 0 Å². The largest absolute Gasteiger partial charge is 0.492 e. The molecule has 0 amide bonds. The molecule has 2 rings (SSSR count). The molecule has 0 fully saturated rings. The fourth-order valence-corrected chi connectivity index (χ4v) is 2.39. The molecule has 0 saturated heterocycles. The number of hydrogen-bond acceptors (Lipinski definition) is 4. The molecule has 0 bridgehead atoms. The number of likely N-dealkylation sites (N-methyl/N-ethyl adjacent to an activating group) is 1. The topological polar surface area (TPSA) is 51.4 Å². The second kappa shape index (κ2) is 8.65. The minimum Gasteiger partial charge on any atom is -0.492 e. The van der Waals surface area contributed by atoms with E-state index in [0.717, 1.165) is 29.8 Å². The minimum absolute atomic E-state index is 0.432. The Labute approximate surface area is 139 Å². The van der Waals surface area contributed by atoms with Crippen LogP contribution in [0, 0.1) is 0 Å². The summed E-state index contributed by atoms with van der Waals surface area (Å²) >= 11 is 0. The molecule has 0 aliphatic heterocycles. The predicted molar refractivity (Wildman–Crippen MR) is 95.8 cm³/mol. The van der Waals surface area contributed by atoms with Crippen molar-refractivity contribution in [3.05, 3.63) is 48.3 Å². The lowest BCUT2D eigenvalue weighted by Gasteiger charge is -2.13. The normalized spacial score (nSPS) is 12.4. The Kier molecular flexibility index (Phi) is 6.56. The zero-order valence-electron chi connectivity index (χ0n) is 14.3. The number of benzene rings is 1. The van der Waals surface area contributed by atoms with Crippen LogP contribution in [0.2, 0.25) is 0 Å². The molecular formula is C19H27N3O. The van der Waals surface area contributed by atoms with Gasteiger partial charge in [-0.25, -0.2) is 0 Å². The van der Waals surface area contributed by atoms with Crippen LogP contribution >= 0.6 is 0 Å². The quantitative estimate of drug-likeness (QED) is 0.813. The van der Waals surface area contributed by atoms with Crippen LogP contribution in [0.15, 0.2) is 42.7 Å². The van der Waals surface area contributed by atoms with Crippen LogP contribution in [0.5, 0.6) is 5.75 Å². The fourth-order valence-electron chi connectivity index (χ4n) is 2.39. The number of pyridine rings is 1. The molecule has 0 saturated carbocycles. The molecule has 4 heteroatoms. The van der Waals surface area contributed by atoms with Gasteiger partial charge in [-0.1, -0.05) is 19.1 Å². The lowest BCUT2D eigenvalue weighted by molar-refractivity contribution is 0.261. The summed E-state index contributed by atoms with van der Waals surface area (Å²) in [4.78, 5) is 6.48. The van der Waals surface area contributed by atoms with Gasteiger partial charge in [0.05, 0.1) is 0 Å². The zero-order valence-corrected chi connectivity index (χ0v) is 14.3. The first-order chi connectivity index (χ1) is 11.1. The van der Waals surface area contributed by atoms with E-state index < -0.39 is 0 Å². The van der Waals surface area contributed by atoms with Crippen LogP contribution in [0.1, 0.15) is 24.8 Å². The predicted octanol–water partition coefficient (Wildman–Crippen LogP) is 3.14. The van der Waals surface area contributed by atoms with Crippen LogP contribution in [-0.4, -0.2) is 43.7 Å². The highest BCUT2D eigenvalue weighted by Gasteiger charge is 2.07. The molecule has 1 atom stereocenters. The number of ether oxygens (including phenoxy) is 1. The maximum absolute atomic E-state index is 5.73. The van der Waals surface area contributed by atoms with Crippen LogP contribution in [-0.2, 0) is 0 Å². The lowest BCUT2D eigenvalue weighted by Crippen LogP contribution is -2.19. The van der Waals surface area contributed by atoms with Crippen molar-refractivity contribution in [3.8, 4) is 16.9 Å². The second-order valence-electron chi connectivity index (χ2n) is 6.16. The maximum Gasteiger partial charge on any atom is 0.119 e. The van der Waals surface area contributed by atoms with E-state index >= 15 is 0 Å². The average molecular weight is 313 g/mol. The number of nitrogens with zero attached hydrogens (tertiary/aromatic N) is 2. The van der Waals surface area contributed by atoms with Crippen molar-refractivity contribution in [1.29, 1.82) is 0 Å². The molecule has 23 heavy (non-hydrogen) atoms. The van der Waals surface area contributed by atoms with E-state index in [4.69, 9.17) is 10.5 Å². The van der Waals surface area contributed by atoms with E-state index in [0.29, 0.717) is 19.1 Å². The molecular weight excluding hydrogens is 286 g/mol. The van der Waals surface area contributed by atoms with Crippen LogP contribution in [0.4, 0.5) is 0 Å². The van der Waals surface area contributed by atoms with Crippen LogP contribution in [0.25, 0.3) is 11.1 Å². The third-order valence-electron chi connectivity index (χ3n) is 3.92. The molecule has 1 aromatic heterocycles. The highest BCUT2D eigenvalue weighted by atomic mass is 16.5. The van der Waals surface area contributed by atoms with Gasteiger partial charge in [0.1, 0.15) is 12.4 Å². The molecule has 124 valence electrons. The lowest BCUT2D eigenvalue weighted by atomic mass is 9.96.